The van der Waals surface area contributed by atoms with Gasteiger partial charge in [-0.3, -0.25) is 4.79 Å². The molecular weight excluding hydrogens is 277 g/mol. The Bertz CT molecular complexity index is 399. The average molecular weight is 294 g/mol. The molecule has 0 fully saturated rings. The fourth-order valence-corrected chi connectivity index (χ4v) is 1.68. The maximum atomic E-state index is 11.3. The molecule has 0 saturated heterocycles. The van der Waals surface area contributed by atoms with Crippen LogP contribution in [0.1, 0.15) is 24.9 Å². The average Bonchev–Trinajstić information content (AvgIpc) is 2.29. The van der Waals surface area contributed by atoms with Crippen LogP contribution >= 0.6 is 24.0 Å². The van der Waals surface area contributed by atoms with E-state index in [2.05, 4.69) is 0 Å². The lowest BCUT2D eigenvalue weighted by Gasteiger charge is -2.15. The lowest BCUT2D eigenvalue weighted by molar-refractivity contribution is -0.143. The Labute approximate surface area is 118 Å². The zero-order valence-corrected chi connectivity index (χ0v) is 11.9. The van der Waals surface area contributed by atoms with Gasteiger partial charge >= 0.3 is 5.97 Å². The highest BCUT2D eigenvalue weighted by Gasteiger charge is 2.16. The van der Waals surface area contributed by atoms with Crippen molar-refractivity contribution in [1.82, 2.24) is 0 Å². The zero-order chi connectivity index (χ0) is 12.8. The number of carbonyl (C=O) groups is 1. The van der Waals surface area contributed by atoms with E-state index in [1.165, 1.54) is 0 Å². The molecule has 2 N–H and O–H groups in total. The second-order valence-electron chi connectivity index (χ2n) is 3.50. The number of benzene rings is 1. The molecule has 0 spiro atoms. The molecule has 18 heavy (non-hydrogen) atoms. The monoisotopic (exact) mass is 293 g/mol. The van der Waals surface area contributed by atoms with E-state index in [9.17, 15) is 4.79 Å². The Morgan fingerprint density at radius 2 is 2.17 bits per heavy atom. The summed E-state index contributed by atoms with van der Waals surface area (Å²) in [5.41, 5.74) is 6.63. The lowest BCUT2D eigenvalue weighted by Crippen LogP contribution is -2.18. The number of esters is 1. The van der Waals surface area contributed by atoms with Crippen LogP contribution in [0.5, 0.6) is 5.75 Å². The van der Waals surface area contributed by atoms with E-state index < -0.39 is 6.04 Å². The fourth-order valence-electron chi connectivity index (χ4n) is 1.50. The molecule has 4 nitrogen and oxygen atoms in total. The molecule has 1 unspecified atom stereocenters. The first-order chi connectivity index (χ1) is 8.08. The topological polar surface area (TPSA) is 61.5 Å². The first kappa shape index (κ1) is 17.0. The second kappa shape index (κ2) is 8.19. The van der Waals surface area contributed by atoms with Crippen LogP contribution in [0.3, 0.4) is 0 Å². The van der Waals surface area contributed by atoms with Crippen molar-refractivity contribution in [2.75, 3.05) is 13.7 Å². The molecule has 0 saturated carbocycles. The summed E-state index contributed by atoms with van der Waals surface area (Å²) in [7, 11) is 1.55. The van der Waals surface area contributed by atoms with Crippen molar-refractivity contribution in [1.29, 1.82) is 0 Å². The Morgan fingerprint density at radius 3 is 2.72 bits per heavy atom. The van der Waals surface area contributed by atoms with E-state index in [0.717, 1.165) is 0 Å². The van der Waals surface area contributed by atoms with Crippen LogP contribution in [0.25, 0.3) is 0 Å². The standard InChI is InChI=1S/C12H16ClNO3.ClH/c1-3-17-12(15)7-10(14)9-6-8(13)4-5-11(9)16-2;/h4-6,10H,3,7,14H2,1-2H3;1H. The molecule has 0 aliphatic carbocycles. The summed E-state index contributed by atoms with van der Waals surface area (Å²) in [6, 6.07) is 4.65. The minimum atomic E-state index is -0.484. The number of hydrogen-bond donors (Lipinski definition) is 1. The van der Waals surface area contributed by atoms with Gasteiger partial charge in [-0.2, -0.15) is 0 Å². The van der Waals surface area contributed by atoms with Crippen LogP contribution in [0.4, 0.5) is 0 Å². The van der Waals surface area contributed by atoms with Gasteiger partial charge in [-0.1, -0.05) is 11.6 Å². The van der Waals surface area contributed by atoms with Crippen molar-refractivity contribution in [2.45, 2.75) is 19.4 Å². The van der Waals surface area contributed by atoms with Gasteiger partial charge in [0, 0.05) is 16.6 Å². The third-order valence-corrected chi connectivity index (χ3v) is 2.52. The quantitative estimate of drug-likeness (QED) is 0.848. The molecule has 0 aliphatic rings. The van der Waals surface area contributed by atoms with Gasteiger partial charge in [0.25, 0.3) is 0 Å². The van der Waals surface area contributed by atoms with Gasteiger partial charge in [-0.05, 0) is 25.1 Å². The van der Waals surface area contributed by atoms with Crippen LogP contribution < -0.4 is 10.5 Å². The number of methoxy groups -OCH3 is 1. The first-order valence-electron chi connectivity index (χ1n) is 5.33. The summed E-state index contributed by atoms with van der Waals surface area (Å²) in [6.07, 6.45) is 0.102. The van der Waals surface area contributed by atoms with E-state index in [-0.39, 0.29) is 24.8 Å². The molecule has 0 amide bonds. The Balaban J connectivity index is 0.00000289. The molecule has 6 heteroatoms. The summed E-state index contributed by atoms with van der Waals surface area (Å²) in [5.74, 6) is 0.285. The highest BCUT2D eigenvalue weighted by atomic mass is 35.5. The van der Waals surface area contributed by atoms with Gasteiger partial charge in [0.15, 0.2) is 0 Å². The van der Waals surface area contributed by atoms with Crippen molar-refractivity contribution >= 4 is 30.0 Å². The fraction of sp³-hybridized carbons (Fsp3) is 0.417. The van der Waals surface area contributed by atoms with Crippen LogP contribution in [-0.2, 0) is 9.53 Å². The van der Waals surface area contributed by atoms with Gasteiger partial charge in [-0.15, -0.1) is 12.4 Å². The van der Waals surface area contributed by atoms with E-state index in [0.29, 0.717) is 22.9 Å². The lowest BCUT2D eigenvalue weighted by atomic mass is 10.0. The largest absolute Gasteiger partial charge is 0.496 e. The Hall–Kier alpha value is -0.970. The molecule has 1 atom stereocenters. The van der Waals surface area contributed by atoms with E-state index >= 15 is 0 Å². The smallest absolute Gasteiger partial charge is 0.307 e. The van der Waals surface area contributed by atoms with Crippen molar-refractivity contribution < 1.29 is 14.3 Å². The van der Waals surface area contributed by atoms with Crippen LogP contribution in [0.15, 0.2) is 18.2 Å². The number of ether oxygens (including phenoxy) is 2. The van der Waals surface area contributed by atoms with Crippen molar-refractivity contribution in [3.8, 4) is 5.75 Å². The van der Waals surface area contributed by atoms with Gasteiger partial charge in [0.05, 0.1) is 20.1 Å². The highest BCUT2D eigenvalue weighted by molar-refractivity contribution is 6.30. The minimum Gasteiger partial charge on any atom is -0.496 e. The Morgan fingerprint density at radius 1 is 1.50 bits per heavy atom. The van der Waals surface area contributed by atoms with Crippen LogP contribution in [0.2, 0.25) is 5.02 Å². The number of halogens is 2. The summed E-state index contributed by atoms with van der Waals surface area (Å²) in [6.45, 7) is 2.10. The number of hydrogen-bond acceptors (Lipinski definition) is 4. The van der Waals surface area contributed by atoms with Crippen molar-refractivity contribution in [3.05, 3.63) is 28.8 Å². The molecule has 0 heterocycles. The molecule has 1 aromatic rings. The normalized spacial score (nSPS) is 11.3. The maximum Gasteiger partial charge on any atom is 0.307 e. The van der Waals surface area contributed by atoms with Gasteiger partial charge < -0.3 is 15.2 Å². The third kappa shape index (κ3) is 4.72. The predicted octanol–water partition coefficient (Wildman–Crippen LogP) is 2.72. The van der Waals surface area contributed by atoms with Crippen LogP contribution in [-0.4, -0.2) is 19.7 Å². The molecule has 0 aliphatic heterocycles. The molecule has 1 rings (SSSR count). The number of nitrogens with two attached hydrogens (primary N) is 1. The van der Waals surface area contributed by atoms with Gasteiger partial charge in [-0.25, -0.2) is 0 Å². The number of carbonyl (C=O) groups excluding carboxylic acids is 1. The maximum absolute atomic E-state index is 11.3. The summed E-state index contributed by atoms with van der Waals surface area (Å²) in [5, 5.41) is 0.556. The van der Waals surface area contributed by atoms with Crippen molar-refractivity contribution in [3.63, 3.8) is 0 Å². The molecular formula is C12H17Cl2NO3. The van der Waals surface area contributed by atoms with E-state index in [1.54, 1.807) is 32.2 Å². The molecule has 0 bridgehead atoms. The third-order valence-electron chi connectivity index (χ3n) is 2.28. The number of rotatable bonds is 5. The van der Waals surface area contributed by atoms with Gasteiger partial charge in [0.1, 0.15) is 5.75 Å². The molecule has 0 radical (unpaired) electrons. The Kier molecular flexibility index (Phi) is 7.75. The predicted molar refractivity (Wildman–Crippen MR) is 73.4 cm³/mol. The molecule has 102 valence electrons. The summed E-state index contributed by atoms with van der Waals surface area (Å²) < 4.78 is 10.0. The van der Waals surface area contributed by atoms with Crippen LogP contribution in [0, 0.1) is 0 Å². The van der Waals surface area contributed by atoms with Gasteiger partial charge in [0.2, 0.25) is 0 Å². The summed E-state index contributed by atoms with van der Waals surface area (Å²) in [4.78, 5) is 11.3. The SMILES string of the molecule is CCOC(=O)CC(N)c1cc(Cl)ccc1OC.Cl. The second-order valence-corrected chi connectivity index (χ2v) is 3.94. The summed E-state index contributed by atoms with van der Waals surface area (Å²) >= 11 is 5.89. The first-order valence-corrected chi connectivity index (χ1v) is 5.71. The highest BCUT2D eigenvalue weighted by Crippen LogP contribution is 2.28. The zero-order valence-electron chi connectivity index (χ0n) is 10.3. The van der Waals surface area contributed by atoms with E-state index in [1.807, 2.05) is 0 Å². The van der Waals surface area contributed by atoms with Crippen molar-refractivity contribution in [2.24, 2.45) is 5.73 Å². The minimum absolute atomic E-state index is 0. The van der Waals surface area contributed by atoms with E-state index in [4.69, 9.17) is 26.8 Å². The molecule has 0 aromatic heterocycles. The molecule has 1 aromatic carbocycles.